The molecule has 5 nitrogen and oxygen atoms in total. The predicted octanol–water partition coefficient (Wildman–Crippen LogP) is 2.54. The van der Waals surface area contributed by atoms with Gasteiger partial charge in [-0.1, -0.05) is 30.3 Å². The van der Waals surface area contributed by atoms with Gasteiger partial charge < -0.3 is 16.4 Å². The molecule has 1 unspecified atom stereocenters. The first-order chi connectivity index (χ1) is 11.6. The fourth-order valence-corrected chi connectivity index (χ4v) is 2.42. The molecule has 4 N–H and O–H groups in total. The number of anilines is 2. The van der Waals surface area contributed by atoms with E-state index in [1.807, 2.05) is 30.3 Å². The van der Waals surface area contributed by atoms with E-state index in [2.05, 4.69) is 10.6 Å². The highest BCUT2D eigenvalue weighted by Crippen LogP contribution is 2.30. The minimum atomic E-state index is -0.610. The number of hydrogen-bond donors (Lipinski definition) is 3. The fourth-order valence-electron chi connectivity index (χ4n) is 2.42. The lowest BCUT2D eigenvalue weighted by atomic mass is 10.1. The first-order valence-electron chi connectivity index (χ1n) is 8.13. The lowest BCUT2D eigenvalue weighted by Crippen LogP contribution is -2.37. The molecule has 1 fully saturated rings. The van der Waals surface area contributed by atoms with Gasteiger partial charge in [-0.25, -0.2) is 0 Å². The molecule has 0 heterocycles. The molecule has 0 bridgehead atoms. The monoisotopic (exact) mass is 323 g/mol. The molecule has 1 saturated carbocycles. The Kier molecular flexibility index (Phi) is 4.91. The number of nitrogens with one attached hydrogen (secondary N) is 2. The zero-order valence-electron chi connectivity index (χ0n) is 13.4. The van der Waals surface area contributed by atoms with Gasteiger partial charge in [0.2, 0.25) is 11.8 Å². The second-order valence-corrected chi connectivity index (χ2v) is 6.13. The van der Waals surface area contributed by atoms with Crippen molar-refractivity contribution in [3.8, 4) is 0 Å². The van der Waals surface area contributed by atoms with Crippen LogP contribution in [0.1, 0.15) is 18.4 Å². The van der Waals surface area contributed by atoms with Crippen molar-refractivity contribution in [2.24, 2.45) is 11.7 Å². The molecule has 2 aromatic carbocycles. The molecule has 124 valence electrons. The van der Waals surface area contributed by atoms with Gasteiger partial charge in [-0.2, -0.15) is 0 Å². The summed E-state index contributed by atoms with van der Waals surface area (Å²) in [5.41, 5.74) is 8.39. The minimum absolute atomic E-state index is 0.0664. The summed E-state index contributed by atoms with van der Waals surface area (Å²) < 4.78 is 0. The molecule has 0 aliphatic heterocycles. The molecule has 5 heteroatoms. The largest absolute Gasteiger partial charge is 0.326 e. The lowest BCUT2D eigenvalue weighted by Gasteiger charge is -2.13. The Hall–Kier alpha value is -2.66. The number of rotatable bonds is 6. The third-order valence-electron chi connectivity index (χ3n) is 4.00. The molecule has 1 aliphatic rings. The summed E-state index contributed by atoms with van der Waals surface area (Å²) in [5.74, 6) is 0.00523. The van der Waals surface area contributed by atoms with Crippen LogP contribution in [0.3, 0.4) is 0 Å². The van der Waals surface area contributed by atoms with Crippen LogP contribution in [0.25, 0.3) is 0 Å². The molecule has 24 heavy (non-hydrogen) atoms. The number of carbonyl (C=O) groups is 2. The highest BCUT2D eigenvalue weighted by atomic mass is 16.2. The van der Waals surface area contributed by atoms with E-state index in [4.69, 9.17) is 5.73 Å². The molecular weight excluding hydrogens is 302 g/mol. The van der Waals surface area contributed by atoms with Crippen LogP contribution in [-0.2, 0) is 16.0 Å². The first kappa shape index (κ1) is 16.2. The van der Waals surface area contributed by atoms with Gasteiger partial charge in [0.05, 0.1) is 6.04 Å². The molecule has 1 aliphatic carbocycles. The van der Waals surface area contributed by atoms with E-state index >= 15 is 0 Å². The fraction of sp³-hybridized carbons (Fsp3) is 0.263. The van der Waals surface area contributed by atoms with Crippen molar-refractivity contribution in [2.45, 2.75) is 25.3 Å². The van der Waals surface area contributed by atoms with Gasteiger partial charge in [-0.15, -0.1) is 0 Å². The van der Waals surface area contributed by atoms with Crippen molar-refractivity contribution in [1.82, 2.24) is 0 Å². The van der Waals surface area contributed by atoms with Gasteiger partial charge in [-0.05, 0) is 49.1 Å². The van der Waals surface area contributed by atoms with Crippen LogP contribution in [-0.4, -0.2) is 17.9 Å². The number of benzene rings is 2. The van der Waals surface area contributed by atoms with E-state index in [9.17, 15) is 9.59 Å². The topological polar surface area (TPSA) is 84.2 Å². The van der Waals surface area contributed by atoms with Crippen molar-refractivity contribution in [2.75, 3.05) is 10.6 Å². The molecule has 2 amide bonds. The Bertz CT molecular complexity index is 709. The second kappa shape index (κ2) is 7.27. The van der Waals surface area contributed by atoms with Gasteiger partial charge in [0, 0.05) is 17.3 Å². The summed E-state index contributed by atoms with van der Waals surface area (Å²) >= 11 is 0. The van der Waals surface area contributed by atoms with E-state index in [0.717, 1.165) is 24.1 Å². The van der Waals surface area contributed by atoms with Crippen LogP contribution < -0.4 is 16.4 Å². The van der Waals surface area contributed by atoms with E-state index in [1.54, 1.807) is 24.3 Å². The van der Waals surface area contributed by atoms with Crippen LogP contribution in [0.15, 0.2) is 54.6 Å². The predicted molar refractivity (Wildman–Crippen MR) is 94.5 cm³/mol. The number of nitrogens with two attached hydrogens (primary N) is 1. The number of carbonyl (C=O) groups excluding carboxylic acids is 2. The summed E-state index contributed by atoms with van der Waals surface area (Å²) in [6.45, 7) is 0. The first-order valence-corrected chi connectivity index (χ1v) is 8.13. The quantitative estimate of drug-likeness (QED) is 0.764. The highest BCUT2D eigenvalue weighted by molar-refractivity contribution is 5.96. The molecule has 1 atom stereocenters. The molecular formula is C19H21N3O2. The van der Waals surface area contributed by atoms with Crippen molar-refractivity contribution < 1.29 is 9.59 Å². The smallest absolute Gasteiger partial charge is 0.241 e. The summed E-state index contributed by atoms with van der Waals surface area (Å²) in [7, 11) is 0. The van der Waals surface area contributed by atoms with Crippen molar-refractivity contribution in [1.29, 1.82) is 0 Å². The maximum Gasteiger partial charge on any atom is 0.241 e. The molecule has 0 spiro atoms. The number of amides is 2. The van der Waals surface area contributed by atoms with Gasteiger partial charge in [0.25, 0.3) is 0 Å². The Balaban J connectivity index is 1.52. The second-order valence-electron chi connectivity index (χ2n) is 6.13. The third-order valence-corrected chi connectivity index (χ3v) is 4.00. The normalized spacial score (nSPS) is 14.7. The van der Waals surface area contributed by atoms with Crippen LogP contribution in [0.5, 0.6) is 0 Å². The molecule has 0 aromatic heterocycles. The van der Waals surface area contributed by atoms with Crippen LogP contribution >= 0.6 is 0 Å². The molecule has 0 radical (unpaired) electrons. The minimum Gasteiger partial charge on any atom is -0.326 e. The molecule has 0 saturated heterocycles. The maximum atomic E-state index is 12.2. The zero-order valence-corrected chi connectivity index (χ0v) is 13.4. The van der Waals surface area contributed by atoms with Crippen LogP contribution in [0, 0.1) is 5.92 Å². The average molecular weight is 323 g/mol. The Morgan fingerprint density at radius 1 is 0.958 bits per heavy atom. The summed E-state index contributed by atoms with van der Waals surface area (Å²) in [6, 6.07) is 16.1. The summed E-state index contributed by atoms with van der Waals surface area (Å²) in [5, 5.41) is 5.66. The van der Waals surface area contributed by atoms with Gasteiger partial charge in [0.1, 0.15) is 0 Å². The Labute approximate surface area is 141 Å². The van der Waals surface area contributed by atoms with E-state index in [1.165, 1.54) is 0 Å². The lowest BCUT2D eigenvalue weighted by molar-refractivity contribution is -0.118. The average Bonchev–Trinajstić information content (AvgIpc) is 3.42. The third kappa shape index (κ3) is 4.43. The van der Waals surface area contributed by atoms with Crippen LogP contribution in [0.4, 0.5) is 11.4 Å². The van der Waals surface area contributed by atoms with Crippen LogP contribution in [0.2, 0.25) is 0 Å². The Morgan fingerprint density at radius 3 is 2.12 bits per heavy atom. The standard InChI is InChI=1S/C19H21N3O2/c20-17(12-13-4-2-1-3-5-13)19(24)22-16-10-8-15(9-11-16)21-18(23)14-6-7-14/h1-5,8-11,14,17H,6-7,12,20H2,(H,21,23)(H,22,24). The Morgan fingerprint density at radius 2 is 1.54 bits per heavy atom. The number of hydrogen-bond acceptors (Lipinski definition) is 3. The summed E-state index contributed by atoms with van der Waals surface area (Å²) in [6.07, 6.45) is 2.43. The van der Waals surface area contributed by atoms with Gasteiger partial charge in [0.15, 0.2) is 0 Å². The SMILES string of the molecule is NC(Cc1ccccc1)C(=O)Nc1ccc(NC(=O)C2CC2)cc1. The maximum absolute atomic E-state index is 12.2. The van der Waals surface area contributed by atoms with E-state index in [-0.39, 0.29) is 17.7 Å². The van der Waals surface area contributed by atoms with Gasteiger partial charge in [-0.3, -0.25) is 9.59 Å². The van der Waals surface area contributed by atoms with Crippen molar-refractivity contribution in [3.05, 3.63) is 60.2 Å². The molecule has 2 aromatic rings. The van der Waals surface area contributed by atoms with E-state index < -0.39 is 6.04 Å². The molecule has 3 rings (SSSR count). The van der Waals surface area contributed by atoms with E-state index in [0.29, 0.717) is 12.1 Å². The summed E-state index contributed by atoms with van der Waals surface area (Å²) in [4.78, 5) is 23.9. The highest BCUT2D eigenvalue weighted by Gasteiger charge is 2.29. The zero-order chi connectivity index (χ0) is 16.9. The van der Waals surface area contributed by atoms with Crippen molar-refractivity contribution >= 4 is 23.2 Å². The van der Waals surface area contributed by atoms with Gasteiger partial charge >= 0.3 is 0 Å². The van der Waals surface area contributed by atoms with Crippen molar-refractivity contribution in [3.63, 3.8) is 0 Å².